The zero-order chi connectivity index (χ0) is 11.4. The summed E-state index contributed by atoms with van der Waals surface area (Å²) in [6.45, 7) is 5.80. The molecule has 0 amide bonds. The number of carboxylic acid groups (broad SMARTS) is 1. The van der Waals surface area contributed by atoms with Crippen LogP contribution in [0.25, 0.3) is 0 Å². The van der Waals surface area contributed by atoms with Crippen LogP contribution in [-0.4, -0.2) is 22.3 Å². The lowest BCUT2D eigenvalue weighted by Crippen LogP contribution is -2.02. The third-order valence-corrected chi connectivity index (χ3v) is 1.91. The van der Waals surface area contributed by atoms with Crippen molar-refractivity contribution < 1.29 is 15.0 Å². The van der Waals surface area contributed by atoms with E-state index in [9.17, 15) is 4.79 Å². The van der Waals surface area contributed by atoms with Crippen LogP contribution in [0.2, 0.25) is 0 Å². The van der Waals surface area contributed by atoms with E-state index in [1.807, 2.05) is 6.92 Å². The Kier molecular flexibility index (Phi) is 14.1. The molecule has 0 saturated heterocycles. The number of hydrogen-bond donors (Lipinski definition) is 2. The van der Waals surface area contributed by atoms with Crippen LogP contribution in [0.5, 0.6) is 0 Å². The highest BCUT2D eigenvalue weighted by atomic mass is 16.4. The summed E-state index contributed by atoms with van der Waals surface area (Å²) in [7, 11) is 0. The van der Waals surface area contributed by atoms with Crippen molar-refractivity contribution in [2.75, 3.05) is 0 Å². The van der Waals surface area contributed by atoms with Crippen LogP contribution in [0.4, 0.5) is 0 Å². The van der Waals surface area contributed by atoms with Gasteiger partial charge in [0.15, 0.2) is 0 Å². The average Bonchev–Trinajstić information content (AvgIpc) is 2.19. The molecule has 0 aromatic heterocycles. The van der Waals surface area contributed by atoms with Crippen molar-refractivity contribution in [1.29, 1.82) is 0 Å². The van der Waals surface area contributed by atoms with Crippen LogP contribution in [0.3, 0.4) is 0 Å². The molecular weight excluding hydrogens is 180 g/mol. The monoisotopic (exact) mass is 204 g/mol. The van der Waals surface area contributed by atoms with Crippen molar-refractivity contribution >= 4 is 5.97 Å². The second-order valence-corrected chi connectivity index (χ2v) is 3.31. The van der Waals surface area contributed by atoms with Gasteiger partial charge in [-0.05, 0) is 12.8 Å². The molecule has 0 aromatic rings. The summed E-state index contributed by atoms with van der Waals surface area (Å²) in [6.07, 6.45) is 5.77. The summed E-state index contributed by atoms with van der Waals surface area (Å²) >= 11 is 0. The highest BCUT2D eigenvalue weighted by Crippen LogP contribution is 2.04. The van der Waals surface area contributed by atoms with E-state index >= 15 is 0 Å². The zero-order valence-electron chi connectivity index (χ0n) is 9.62. The highest BCUT2D eigenvalue weighted by Gasteiger charge is 1.97. The Hall–Kier alpha value is -0.570. The summed E-state index contributed by atoms with van der Waals surface area (Å²) in [6, 6.07) is 0. The van der Waals surface area contributed by atoms with Gasteiger partial charge in [0.2, 0.25) is 0 Å². The largest absolute Gasteiger partial charge is 0.481 e. The second kappa shape index (κ2) is 12.4. The maximum atomic E-state index is 9.37. The molecule has 0 aliphatic rings. The molecule has 86 valence electrons. The summed E-state index contributed by atoms with van der Waals surface area (Å²) < 4.78 is 0. The molecule has 3 heteroatoms. The summed E-state index contributed by atoms with van der Waals surface area (Å²) in [5.41, 5.74) is 0. The summed E-state index contributed by atoms with van der Waals surface area (Å²) in [5, 5.41) is 16.8. The van der Waals surface area contributed by atoms with Gasteiger partial charge in [-0.25, -0.2) is 0 Å². The lowest BCUT2D eigenvalue weighted by atomic mass is 10.1. The predicted molar refractivity (Wildman–Crippen MR) is 58.4 cm³/mol. The Labute approximate surface area is 87.1 Å². The first kappa shape index (κ1) is 15.9. The molecule has 0 aliphatic carbocycles. The Balaban J connectivity index is 0. The fourth-order valence-electron chi connectivity index (χ4n) is 0.834. The molecule has 1 unspecified atom stereocenters. The number of unbranched alkanes of at least 4 members (excludes halogenated alkanes) is 2. The van der Waals surface area contributed by atoms with Gasteiger partial charge in [-0.15, -0.1) is 0 Å². The number of aliphatic carboxylic acids is 1. The van der Waals surface area contributed by atoms with Gasteiger partial charge in [0.25, 0.3) is 0 Å². The Morgan fingerprint density at radius 1 is 1.21 bits per heavy atom. The first-order valence-corrected chi connectivity index (χ1v) is 5.48. The van der Waals surface area contributed by atoms with E-state index < -0.39 is 5.97 Å². The molecule has 0 aromatic carbocycles. The van der Waals surface area contributed by atoms with Crippen LogP contribution in [-0.2, 0) is 4.79 Å². The van der Waals surface area contributed by atoms with Gasteiger partial charge >= 0.3 is 5.97 Å². The molecule has 0 fully saturated rings. The number of aliphatic hydroxyl groups is 1. The van der Waals surface area contributed by atoms with Crippen molar-refractivity contribution in [3.63, 3.8) is 0 Å². The lowest BCUT2D eigenvalue weighted by molar-refractivity contribution is -0.136. The molecule has 0 radical (unpaired) electrons. The summed E-state index contributed by atoms with van der Waals surface area (Å²) in [5.74, 6) is -0.745. The molecule has 0 spiro atoms. The van der Waals surface area contributed by atoms with Gasteiger partial charge in [-0.3, -0.25) is 4.79 Å². The van der Waals surface area contributed by atoms with Gasteiger partial charge in [-0.2, -0.15) is 0 Å². The minimum Gasteiger partial charge on any atom is -0.481 e. The number of hydrogen-bond acceptors (Lipinski definition) is 2. The third kappa shape index (κ3) is 17.5. The fourth-order valence-corrected chi connectivity index (χ4v) is 0.834. The standard InChI is InChI=1S/C8H18O.C3H6O2/c1-3-5-6-7-8(9)4-2;1-2-3(4)5/h8-9H,3-7H2,1-2H3;2H2,1H3,(H,4,5). The van der Waals surface area contributed by atoms with E-state index in [-0.39, 0.29) is 12.5 Å². The normalized spacial score (nSPS) is 11.4. The van der Waals surface area contributed by atoms with Gasteiger partial charge < -0.3 is 10.2 Å². The number of carbonyl (C=O) groups is 1. The smallest absolute Gasteiger partial charge is 0.303 e. The van der Waals surface area contributed by atoms with Crippen molar-refractivity contribution in [1.82, 2.24) is 0 Å². The highest BCUT2D eigenvalue weighted by molar-refractivity contribution is 5.66. The number of rotatable bonds is 6. The molecule has 3 nitrogen and oxygen atoms in total. The Morgan fingerprint density at radius 3 is 2.00 bits per heavy atom. The Morgan fingerprint density at radius 2 is 1.71 bits per heavy atom. The van der Waals surface area contributed by atoms with Gasteiger partial charge in [0.1, 0.15) is 0 Å². The van der Waals surface area contributed by atoms with E-state index in [0.29, 0.717) is 0 Å². The van der Waals surface area contributed by atoms with Crippen LogP contribution < -0.4 is 0 Å². The van der Waals surface area contributed by atoms with Crippen molar-refractivity contribution in [2.45, 2.75) is 65.4 Å². The molecule has 0 bridgehead atoms. The number of carboxylic acids is 1. The topological polar surface area (TPSA) is 57.5 Å². The van der Waals surface area contributed by atoms with Crippen molar-refractivity contribution in [2.24, 2.45) is 0 Å². The van der Waals surface area contributed by atoms with Gasteiger partial charge in [-0.1, -0.05) is 40.0 Å². The molecule has 0 saturated carbocycles. The van der Waals surface area contributed by atoms with E-state index in [4.69, 9.17) is 10.2 Å². The maximum Gasteiger partial charge on any atom is 0.303 e. The van der Waals surface area contributed by atoms with E-state index in [1.54, 1.807) is 6.92 Å². The fraction of sp³-hybridized carbons (Fsp3) is 0.909. The van der Waals surface area contributed by atoms with Gasteiger partial charge in [0.05, 0.1) is 6.10 Å². The van der Waals surface area contributed by atoms with Crippen LogP contribution in [0.1, 0.15) is 59.3 Å². The first-order chi connectivity index (χ1) is 6.58. The lowest BCUT2D eigenvalue weighted by Gasteiger charge is -2.04. The molecular formula is C11H24O3. The second-order valence-electron chi connectivity index (χ2n) is 3.31. The Bertz CT molecular complexity index is 124. The molecule has 0 rings (SSSR count). The quantitative estimate of drug-likeness (QED) is 0.654. The van der Waals surface area contributed by atoms with E-state index in [1.165, 1.54) is 19.3 Å². The minimum absolute atomic E-state index is 0.0449. The molecule has 2 N–H and O–H groups in total. The van der Waals surface area contributed by atoms with E-state index in [0.717, 1.165) is 12.8 Å². The van der Waals surface area contributed by atoms with Crippen LogP contribution >= 0.6 is 0 Å². The van der Waals surface area contributed by atoms with E-state index in [2.05, 4.69) is 6.92 Å². The molecule has 1 atom stereocenters. The SMILES string of the molecule is CCC(=O)O.CCCCCC(O)CC. The molecule has 0 heterocycles. The van der Waals surface area contributed by atoms with Crippen molar-refractivity contribution in [3.8, 4) is 0 Å². The number of aliphatic hydroxyl groups excluding tert-OH is 1. The summed E-state index contributed by atoms with van der Waals surface area (Å²) in [4.78, 5) is 9.37. The first-order valence-electron chi connectivity index (χ1n) is 5.48. The average molecular weight is 204 g/mol. The maximum absolute atomic E-state index is 9.37. The molecule has 14 heavy (non-hydrogen) atoms. The van der Waals surface area contributed by atoms with Crippen LogP contribution in [0, 0.1) is 0 Å². The van der Waals surface area contributed by atoms with Gasteiger partial charge in [0, 0.05) is 6.42 Å². The molecule has 0 aliphatic heterocycles. The van der Waals surface area contributed by atoms with Crippen molar-refractivity contribution in [3.05, 3.63) is 0 Å². The zero-order valence-corrected chi connectivity index (χ0v) is 9.62. The predicted octanol–water partition coefficient (Wildman–Crippen LogP) is 2.82. The third-order valence-electron chi connectivity index (χ3n) is 1.91. The minimum atomic E-state index is -0.745. The van der Waals surface area contributed by atoms with Crippen LogP contribution in [0.15, 0.2) is 0 Å².